The zero-order chi connectivity index (χ0) is 24.8. The van der Waals surface area contributed by atoms with E-state index in [0.29, 0.717) is 5.92 Å². The van der Waals surface area contributed by atoms with E-state index in [9.17, 15) is 0 Å². The summed E-state index contributed by atoms with van der Waals surface area (Å²) >= 11 is 0. The van der Waals surface area contributed by atoms with Crippen molar-refractivity contribution in [2.24, 2.45) is 7.05 Å². The molecule has 0 saturated carbocycles. The van der Waals surface area contributed by atoms with E-state index in [2.05, 4.69) is 97.2 Å². The Hall–Kier alpha value is -3.64. The van der Waals surface area contributed by atoms with Crippen LogP contribution in [0.2, 0.25) is 0 Å². The van der Waals surface area contributed by atoms with Gasteiger partial charge in [0.1, 0.15) is 7.05 Å². The summed E-state index contributed by atoms with van der Waals surface area (Å²) in [4.78, 5) is 3.90. The molecule has 0 amide bonds. The van der Waals surface area contributed by atoms with Gasteiger partial charge in [-0.2, -0.15) is 0 Å². The lowest BCUT2D eigenvalue weighted by Gasteiger charge is -2.17. The van der Waals surface area contributed by atoms with Gasteiger partial charge in [-0.3, -0.25) is 0 Å². The van der Waals surface area contributed by atoms with Gasteiger partial charge in [-0.25, -0.2) is 11.1 Å². The van der Waals surface area contributed by atoms with E-state index in [1.54, 1.807) is 0 Å². The smallest absolute Gasteiger partial charge is 0.231 e. The Morgan fingerprint density at radius 2 is 1.74 bits per heavy atom. The van der Waals surface area contributed by atoms with Crippen LogP contribution in [0.15, 0.2) is 48.7 Å². The summed E-state index contributed by atoms with van der Waals surface area (Å²) < 4.78 is 4.80. The Labute approximate surface area is 206 Å². The summed E-state index contributed by atoms with van der Waals surface area (Å²) in [6.45, 7) is 20.8. The van der Waals surface area contributed by atoms with Crippen molar-refractivity contribution in [1.29, 1.82) is 0 Å². The molecular weight excluding hydrogens is 426 g/mol. The molecule has 0 spiro atoms. The van der Waals surface area contributed by atoms with Gasteiger partial charge in [0.05, 0.1) is 33.7 Å². The summed E-state index contributed by atoms with van der Waals surface area (Å²) in [5, 5.41) is 6.52. The molecule has 3 nitrogen and oxygen atoms in total. The quantitative estimate of drug-likeness (QED) is 0.111. The summed E-state index contributed by atoms with van der Waals surface area (Å²) in [5.41, 5.74) is 9.93. The van der Waals surface area contributed by atoms with Crippen LogP contribution >= 0.6 is 0 Å². The summed E-state index contributed by atoms with van der Waals surface area (Å²) in [6.07, 6.45) is 2.92. The number of rotatable bonds is 3. The van der Waals surface area contributed by atoms with Crippen molar-refractivity contribution in [3.05, 3.63) is 82.3 Å². The predicted molar refractivity (Wildman–Crippen MR) is 148 cm³/mol. The molecule has 174 valence electrons. The molecular formula is C32H32N3+. The normalized spacial score (nSPS) is 12.8. The Kier molecular flexibility index (Phi) is 4.49. The average molecular weight is 459 g/mol. The average Bonchev–Trinajstić information content (AvgIpc) is 3.13. The van der Waals surface area contributed by atoms with E-state index in [1.165, 1.54) is 71.3 Å². The minimum Gasteiger partial charge on any atom is -0.311 e. The first-order valence-electron chi connectivity index (χ1n) is 12.5. The van der Waals surface area contributed by atoms with Crippen LogP contribution in [0.25, 0.3) is 53.8 Å². The number of pyridine rings is 2. The molecule has 0 unspecified atom stereocenters. The molecule has 0 fully saturated rings. The maximum absolute atomic E-state index is 7.69. The van der Waals surface area contributed by atoms with Gasteiger partial charge in [0, 0.05) is 30.7 Å². The Morgan fingerprint density at radius 3 is 2.46 bits per heavy atom. The van der Waals surface area contributed by atoms with E-state index < -0.39 is 5.54 Å². The Morgan fingerprint density at radius 1 is 0.971 bits per heavy atom. The van der Waals surface area contributed by atoms with Crippen LogP contribution in [0.5, 0.6) is 0 Å². The molecule has 0 aliphatic heterocycles. The predicted octanol–water partition coefficient (Wildman–Crippen LogP) is 7.80. The SMILES string of the molecule is [C-]#[N+]C(C)(C)Cc1cc2cc[n+](C)c3c4c(C)c(C)cc5c6ccc(C(C)C)cc6n(c(c1)c23)c54. The number of hydrogen-bond acceptors (Lipinski definition) is 0. The minimum atomic E-state index is -0.429. The third kappa shape index (κ3) is 2.99. The highest BCUT2D eigenvalue weighted by Gasteiger charge is 2.28. The number of nitrogens with zero attached hydrogens (tertiary/aromatic N) is 3. The molecule has 0 atom stereocenters. The van der Waals surface area contributed by atoms with Crippen molar-refractivity contribution in [1.82, 2.24) is 4.40 Å². The van der Waals surface area contributed by atoms with Crippen molar-refractivity contribution >= 4 is 49.0 Å². The zero-order valence-electron chi connectivity index (χ0n) is 21.7. The number of aryl methyl sites for hydroxylation is 3. The molecule has 0 saturated heterocycles. The first-order valence-corrected chi connectivity index (χ1v) is 12.5. The van der Waals surface area contributed by atoms with Crippen molar-refractivity contribution in [2.45, 2.75) is 59.4 Å². The third-order valence-electron chi connectivity index (χ3n) is 7.95. The van der Waals surface area contributed by atoms with Crippen molar-refractivity contribution in [3.8, 4) is 0 Å². The second-order valence-electron chi connectivity index (χ2n) is 11.3. The van der Waals surface area contributed by atoms with Gasteiger partial charge in [-0.1, -0.05) is 32.0 Å². The van der Waals surface area contributed by atoms with E-state index in [1.807, 2.05) is 13.8 Å². The molecule has 0 radical (unpaired) electrons. The second-order valence-corrected chi connectivity index (χ2v) is 11.3. The first kappa shape index (κ1) is 21.9. The van der Waals surface area contributed by atoms with Crippen LogP contribution in [0.4, 0.5) is 0 Å². The maximum Gasteiger partial charge on any atom is 0.231 e. The molecule has 0 aliphatic rings. The molecule has 3 aromatic carbocycles. The molecule has 0 aliphatic carbocycles. The highest BCUT2D eigenvalue weighted by molar-refractivity contribution is 6.26. The van der Waals surface area contributed by atoms with Crippen LogP contribution < -0.4 is 4.57 Å². The lowest BCUT2D eigenvalue weighted by atomic mass is 9.92. The molecule has 6 aromatic rings. The molecule has 6 rings (SSSR count). The lowest BCUT2D eigenvalue weighted by Crippen LogP contribution is -2.29. The Bertz CT molecular complexity index is 1860. The topological polar surface area (TPSA) is 12.7 Å². The highest BCUT2D eigenvalue weighted by atomic mass is 15.0. The van der Waals surface area contributed by atoms with Gasteiger partial charge in [0.2, 0.25) is 11.1 Å². The number of fused-ring (bicyclic) bond motifs is 5. The molecule has 3 heterocycles. The van der Waals surface area contributed by atoms with Gasteiger partial charge in [0.15, 0.2) is 6.20 Å². The van der Waals surface area contributed by atoms with E-state index in [0.717, 1.165) is 6.42 Å². The van der Waals surface area contributed by atoms with Crippen LogP contribution in [-0.4, -0.2) is 9.94 Å². The highest BCUT2D eigenvalue weighted by Crippen LogP contribution is 2.42. The summed E-state index contributed by atoms with van der Waals surface area (Å²) in [7, 11) is 2.16. The fourth-order valence-electron chi connectivity index (χ4n) is 5.98. The number of hydrogen-bond donors (Lipinski definition) is 0. The molecule has 3 heteroatoms. The largest absolute Gasteiger partial charge is 0.311 e. The minimum absolute atomic E-state index is 0.429. The second kappa shape index (κ2) is 7.18. The summed E-state index contributed by atoms with van der Waals surface area (Å²) in [6, 6.07) is 16.3. The van der Waals surface area contributed by atoms with Gasteiger partial charge >= 0.3 is 0 Å². The van der Waals surface area contributed by atoms with Gasteiger partial charge in [-0.05, 0) is 65.6 Å². The zero-order valence-corrected chi connectivity index (χ0v) is 21.7. The maximum atomic E-state index is 7.69. The van der Waals surface area contributed by atoms with Crippen molar-refractivity contribution < 1.29 is 4.57 Å². The third-order valence-corrected chi connectivity index (χ3v) is 7.95. The Balaban J connectivity index is 1.94. The number of benzene rings is 3. The fourth-order valence-corrected chi connectivity index (χ4v) is 5.98. The van der Waals surface area contributed by atoms with Crippen LogP contribution in [0.1, 0.15) is 55.9 Å². The van der Waals surface area contributed by atoms with Crippen molar-refractivity contribution in [3.63, 3.8) is 0 Å². The lowest BCUT2D eigenvalue weighted by molar-refractivity contribution is -0.643. The van der Waals surface area contributed by atoms with Crippen LogP contribution in [-0.2, 0) is 13.5 Å². The number of aromatic nitrogens is 2. The molecule has 3 aromatic heterocycles. The van der Waals surface area contributed by atoms with E-state index >= 15 is 0 Å². The van der Waals surface area contributed by atoms with E-state index in [-0.39, 0.29) is 0 Å². The molecule has 0 bridgehead atoms. The monoisotopic (exact) mass is 458 g/mol. The fraction of sp³-hybridized carbons (Fsp3) is 0.312. The van der Waals surface area contributed by atoms with Gasteiger partial charge in [-0.15, -0.1) is 0 Å². The van der Waals surface area contributed by atoms with E-state index in [4.69, 9.17) is 6.57 Å². The van der Waals surface area contributed by atoms with Crippen LogP contribution in [0.3, 0.4) is 0 Å². The first-order chi connectivity index (χ1) is 16.6. The standard InChI is InChI=1S/C32H32N3/c1-18(2)22-9-10-24-25-13-19(3)20(4)28-30(25)35(26(24)16-22)27-15-21(17-32(5,6)33-7)14-23-11-12-34(8)31(28)29(23)27/h9-16,18H,17H2,1-6,8H3/q+1. The van der Waals surface area contributed by atoms with Crippen molar-refractivity contribution in [2.75, 3.05) is 0 Å². The van der Waals surface area contributed by atoms with Crippen LogP contribution in [0, 0.1) is 20.4 Å². The van der Waals surface area contributed by atoms with Gasteiger partial charge < -0.3 is 9.25 Å². The molecule has 35 heavy (non-hydrogen) atoms. The summed E-state index contributed by atoms with van der Waals surface area (Å²) in [5.74, 6) is 0.465. The van der Waals surface area contributed by atoms with Gasteiger partial charge in [0.25, 0.3) is 0 Å². The molecule has 0 N–H and O–H groups in total.